The highest BCUT2D eigenvalue weighted by Gasteiger charge is 2.22. The molecule has 0 saturated heterocycles. The first-order chi connectivity index (χ1) is 16.9. The SMILES string of the molecule is COc1cc(OCc2ccccc2)cc(C(=O)O)c1-c1cc(OC)c2c(OC(C)C)cccc2c1. The summed E-state index contributed by atoms with van der Waals surface area (Å²) in [6.45, 7) is 4.24. The highest BCUT2D eigenvalue weighted by atomic mass is 16.5. The number of rotatable bonds is 9. The minimum atomic E-state index is -1.08. The van der Waals surface area contributed by atoms with Gasteiger partial charge in [-0.3, -0.25) is 0 Å². The first kappa shape index (κ1) is 24.0. The van der Waals surface area contributed by atoms with Gasteiger partial charge in [-0.15, -0.1) is 0 Å². The number of ether oxygens (including phenoxy) is 4. The molecule has 0 amide bonds. The quantitative estimate of drug-likeness (QED) is 0.296. The molecule has 0 heterocycles. The van der Waals surface area contributed by atoms with Crippen LogP contribution in [0.15, 0.2) is 72.8 Å². The summed E-state index contributed by atoms with van der Waals surface area (Å²) in [7, 11) is 3.10. The number of carbonyl (C=O) groups is 1. The molecule has 0 radical (unpaired) electrons. The second-order valence-corrected chi connectivity index (χ2v) is 8.33. The third-order valence-corrected chi connectivity index (χ3v) is 5.55. The molecule has 1 N–H and O–H groups in total. The molecule has 0 atom stereocenters. The maximum atomic E-state index is 12.3. The van der Waals surface area contributed by atoms with Gasteiger partial charge in [0.2, 0.25) is 0 Å². The summed E-state index contributed by atoms with van der Waals surface area (Å²) in [5, 5.41) is 11.8. The number of fused-ring (bicyclic) bond motifs is 1. The van der Waals surface area contributed by atoms with E-state index in [1.807, 2.05) is 74.5 Å². The van der Waals surface area contributed by atoms with Gasteiger partial charge >= 0.3 is 5.97 Å². The van der Waals surface area contributed by atoms with E-state index in [1.54, 1.807) is 13.2 Å². The molecule has 0 unspecified atom stereocenters. The smallest absolute Gasteiger partial charge is 0.336 e. The second-order valence-electron chi connectivity index (χ2n) is 8.33. The third kappa shape index (κ3) is 5.17. The van der Waals surface area contributed by atoms with Crippen LogP contribution in [0.3, 0.4) is 0 Å². The molecule has 35 heavy (non-hydrogen) atoms. The lowest BCUT2D eigenvalue weighted by Crippen LogP contribution is -2.06. The molecule has 4 aromatic carbocycles. The Balaban J connectivity index is 1.83. The Morgan fingerprint density at radius 2 is 1.60 bits per heavy atom. The van der Waals surface area contributed by atoms with Crippen LogP contribution >= 0.6 is 0 Å². The van der Waals surface area contributed by atoms with Crippen LogP contribution in [0.5, 0.6) is 23.0 Å². The lowest BCUT2D eigenvalue weighted by molar-refractivity contribution is 0.0696. The molecular weight excluding hydrogens is 444 g/mol. The van der Waals surface area contributed by atoms with Crippen LogP contribution in [0, 0.1) is 0 Å². The number of hydrogen-bond donors (Lipinski definition) is 1. The van der Waals surface area contributed by atoms with Crippen LogP contribution in [0.2, 0.25) is 0 Å². The first-order valence-corrected chi connectivity index (χ1v) is 11.3. The van der Waals surface area contributed by atoms with Crippen molar-refractivity contribution in [2.24, 2.45) is 0 Å². The highest BCUT2D eigenvalue weighted by Crippen LogP contribution is 2.43. The van der Waals surface area contributed by atoms with Gasteiger partial charge < -0.3 is 24.1 Å². The van der Waals surface area contributed by atoms with Crippen molar-refractivity contribution >= 4 is 16.7 Å². The van der Waals surface area contributed by atoms with Crippen LogP contribution in [0.1, 0.15) is 29.8 Å². The van der Waals surface area contributed by atoms with Gasteiger partial charge in [0.25, 0.3) is 0 Å². The molecule has 0 aliphatic rings. The molecule has 0 saturated carbocycles. The van der Waals surface area contributed by atoms with Gasteiger partial charge in [-0.1, -0.05) is 42.5 Å². The molecule has 180 valence electrons. The number of hydrogen-bond acceptors (Lipinski definition) is 5. The van der Waals surface area contributed by atoms with Crippen LogP contribution in [0.25, 0.3) is 21.9 Å². The van der Waals surface area contributed by atoms with E-state index in [0.717, 1.165) is 16.3 Å². The van der Waals surface area contributed by atoms with Crippen molar-refractivity contribution in [3.8, 4) is 34.1 Å². The Kier molecular flexibility index (Phi) is 7.11. The fourth-order valence-corrected chi connectivity index (χ4v) is 4.05. The van der Waals surface area contributed by atoms with Crippen molar-refractivity contribution < 1.29 is 28.8 Å². The average molecular weight is 473 g/mol. The fourth-order valence-electron chi connectivity index (χ4n) is 4.05. The number of carboxylic acids is 1. The third-order valence-electron chi connectivity index (χ3n) is 5.55. The van der Waals surface area contributed by atoms with E-state index in [0.29, 0.717) is 40.7 Å². The molecule has 6 nitrogen and oxygen atoms in total. The normalized spacial score (nSPS) is 10.9. The fraction of sp³-hybridized carbons (Fsp3) is 0.207. The van der Waals surface area contributed by atoms with Crippen LogP contribution in [-0.4, -0.2) is 31.4 Å². The summed E-state index contributed by atoms with van der Waals surface area (Å²) < 4.78 is 23.2. The first-order valence-electron chi connectivity index (χ1n) is 11.3. The van der Waals surface area contributed by atoms with Gasteiger partial charge in [-0.05, 0) is 54.6 Å². The molecule has 0 aliphatic carbocycles. The van der Waals surface area contributed by atoms with E-state index in [9.17, 15) is 9.90 Å². The van der Waals surface area contributed by atoms with Gasteiger partial charge in [0.05, 0.1) is 31.3 Å². The zero-order valence-electron chi connectivity index (χ0n) is 20.2. The van der Waals surface area contributed by atoms with Gasteiger partial charge in [0.15, 0.2) is 0 Å². The van der Waals surface area contributed by atoms with E-state index >= 15 is 0 Å². The van der Waals surface area contributed by atoms with Crippen molar-refractivity contribution in [2.75, 3.05) is 14.2 Å². The molecule has 0 fully saturated rings. The maximum Gasteiger partial charge on any atom is 0.336 e. The standard InChI is InChI=1S/C29H28O6/c1-18(2)35-24-12-8-11-20-13-21(14-25(32-3)28(20)24)27-23(29(30)31)15-22(16-26(27)33-4)34-17-19-9-6-5-7-10-19/h5-16,18H,17H2,1-4H3,(H,30,31). The number of methoxy groups -OCH3 is 2. The molecule has 6 heteroatoms. The Labute approximate surface area is 204 Å². The van der Waals surface area contributed by atoms with Crippen molar-refractivity contribution in [3.05, 3.63) is 83.9 Å². The van der Waals surface area contributed by atoms with E-state index in [4.69, 9.17) is 18.9 Å². The Morgan fingerprint density at radius 1 is 0.857 bits per heavy atom. The zero-order chi connectivity index (χ0) is 24.9. The van der Waals surface area contributed by atoms with E-state index in [1.165, 1.54) is 13.2 Å². The molecule has 4 aromatic rings. The summed E-state index contributed by atoms with van der Waals surface area (Å²) >= 11 is 0. The highest BCUT2D eigenvalue weighted by molar-refractivity contribution is 6.03. The van der Waals surface area contributed by atoms with Gasteiger partial charge in [-0.25, -0.2) is 4.79 Å². The minimum Gasteiger partial charge on any atom is -0.496 e. The van der Waals surface area contributed by atoms with Crippen molar-refractivity contribution in [1.82, 2.24) is 0 Å². The van der Waals surface area contributed by atoms with Crippen molar-refractivity contribution in [1.29, 1.82) is 0 Å². The summed E-state index contributed by atoms with van der Waals surface area (Å²) in [4.78, 5) is 12.3. The minimum absolute atomic E-state index is 0.00730. The van der Waals surface area contributed by atoms with Gasteiger partial charge in [-0.2, -0.15) is 0 Å². The van der Waals surface area contributed by atoms with E-state index in [2.05, 4.69) is 0 Å². The average Bonchev–Trinajstić information content (AvgIpc) is 2.86. The maximum absolute atomic E-state index is 12.3. The van der Waals surface area contributed by atoms with Gasteiger partial charge in [0.1, 0.15) is 29.6 Å². The number of carboxylic acid groups (broad SMARTS) is 1. The Bertz CT molecular complexity index is 1340. The summed E-state index contributed by atoms with van der Waals surface area (Å²) in [6, 6.07) is 22.4. The summed E-state index contributed by atoms with van der Waals surface area (Å²) in [6.07, 6.45) is -0.00730. The van der Waals surface area contributed by atoms with Crippen molar-refractivity contribution in [3.63, 3.8) is 0 Å². The molecule has 0 spiro atoms. The topological polar surface area (TPSA) is 74.2 Å². The largest absolute Gasteiger partial charge is 0.496 e. The Morgan fingerprint density at radius 3 is 2.26 bits per heavy atom. The van der Waals surface area contributed by atoms with Crippen LogP contribution in [-0.2, 0) is 6.61 Å². The van der Waals surface area contributed by atoms with Crippen LogP contribution in [0.4, 0.5) is 0 Å². The molecular formula is C29H28O6. The van der Waals surface area contributed by atoms with Crippen LogP contribution < -0.4 is 18.9 Å². The summed E-state index contributed by atoms with van der Waals surface area (Å²) in [5.74, 6) is 1.00. The molecule has 0 bridgehead atoms. The molecule has 0 aromatic heterocycles. The molecule has 0 aliphatic heterocycles. The lowest BCUT2D eigenvalue weighted by Gasteiger charge is -2.18. The Hall–Kier alpha value is -4.19. The monoisotopic (exact) mass is 472 g/mol. The molecule has 4 rings (SSSR count). The van der Waals surface area contributed by atoms with E-state index < -0.39 is 5.97 Å². The summed E-state index contributed by atoms with van der Waals surface area (Å²) in [5.41, 5.74) is 2.15. The second kappa shape index (κ2) is 10.4. The number of aromatic carboxylic acids is 1. The predicted octanol–water partition coefficient (Wildman–Crippen LogP) is 6.59. The van der Waals surface area contributed by atoms with E-state index in [-0.39, 0.29) is 11.7 Å². The lowest BCUT2D eigenvalue weighted by atomic mass is 9.95. The zero-order valence-corrected chi connectivity index (χ0v) is 20.2. The van der Waals surface area contributed by atoms with Gasteiger partial charge in [0, 0.05) is 11.6 Å². The van der Waals surface area contributed by atoms with Crippen molar-refractivity contribution in [2.45, 2.75) is 26.6 Å². The predicted molar refractivity (Wildman–Crippen MR) is 136 cm³/mol. The number of benzene rings is 4.